The van der Waals surface area contributed by atoms with E-state index in [1.165, 1.54) is 0 Å². The molecule has 1 fully saturated rings. The molecule has 3 N–H and O–H groups in total. The Bertz CT molecular complexity index is 881. The summed E-state index contributed by atoms with van der Waals surface area (Å²) >= 11 is 0. The molecular formula is C25H32N2O5. The molecule has 1 heterocycles. The lowest BCUT2D eigenvalue weighted by molar-refractivity contribution is -0.164. The molecule has 0 spiro atoms. The first kappa shape index (κ1) is 23.9. The van der Waals surface area contributed by atoms with Gasteiger partial charge in [0.15, 0.2) is 6.61 Å². The van der Waals surface area contributed by atoms with Crippen LogP contribution in [0.2, 0.25) is 0 Å². The van der Waals surface area contributed by atoms with Crippen LogP contribution in [0.5, 0.6) is 0 Å². The summed E-state index contributed by atoms with van der Waals surface area (Å²) in [6.45, 7) is 2.81. The van der Waals surface area contributed by atoms with Gasteiger partial charge in [0.1, 0.15) is 0 Å². The van der Waals surface area contributed by atoms with Gasteiger partial charge in [-0.05, 0) is 36.5 Å². The lowest BCUT2D eigenvalue weighted by atomic mass is 9.83. The Balaban J connectivity index is 1.52. The van der Waals surface area contributed by atoms with E-state index in [-0.39, 0.29) is 25.0 Å². The predicted octanol–water partition coefficient (Wildman–Crippen LogP) is 2.01. The number of rotatable bonds is 9. The zero-order valence-electron chi connectivity index (χ0n) is 18.5. The molecule has 32 heavy (non-hydrogen) atoms. The smallest absolute Gasteiger partial charge is 0.314 e. The minimum absolute atomic E-state index is 0.245. The van der Waals surface area contributed by atoms with Crippen molar-refractivity contribution >= 4 is 11.9 Å². The van der Waals surface area contributed by atoms with Crippen molar-refractivity contribution in [3.8, 4) is 11.1 Å². The van der Waals surface area contributed by atoms with Gasteiger partial charge in [-0.1, -0.05) is 54.6 Å². The lowest BCUT2D eigenvalue weighted by Crippen LogP contribution is -2.45. The summed E-state index contributed by atoms with van der Waals surface area (Å²) in [5.41, 5.74) is 8.46. The summed E-state index contributed by atoms with van der Waals surface area (Å²) in [5, 5.41) is 9.88. The van der Waals surface area contributed by atoms with Gasteiger partial charge in [-0.25, -0.2) is 0 Å². The Hall–Kier alpha value is -2.74. The molecule has 0 aromatic heterocycles. The Morgan fingerprint density at radius 1 is 1.09 bits per heavy atom. The third kappa shape index (κ3) is 6.38. The quantitative estimate of drug-likeness (QED) is 0.579. The number of nitrogens with zero attached hydrogens (tertiary/aromatic N) is 1. The maximum Gasteiger partial charge on any atom is 0.314 e. The molecule has 2 aromatic rings. The van der Waals surface area contributed by atoms with E-state index in [9.17, 15) is 14.7 Å². The van der Waals surface area contributed by atoms with Gasteiger partial charge in [0, 0.05) is 19.1 Å². The van der Waals surface area contributed by atoms with E-state index < -0.39 is 18.0 Å². The first-order valence-corrected chi connectivity index (χ1v) is 10.9. The fourth-order valence-electron chi connectivity index (χ4n) is 3.84. The van der Waals surface area contributed by atoms with Gasteiger partial charge in [-0.3, -0.25) is 9.59 Å². The fourth-order valence-corrected chi connectivity index (χ4v) is 3.84. The van der Waals surface area contributed by atoms with Crippen LogP contribution < -0.4 is 5.73 Å². The normalized spacial score (nSPS) is 16.8. The van der Waals surface area contributed by atoms with Gasteiger partial charge >= 0.3 is 5.97 Å². The van der Waals surface area contributed by atoms with Gasteiger partial charge in [-0.15, -0.1) is 0 Å². The maximum absolute atomic E-state index is 12.6. The zero-order chi connectivity index (χ0) is 23.0. The minimum atomic E-state index is -1.17. The van der Waals surface area contributed by atoms with E-state index in [1.54, 1.807) is 11.8 Å². The first-order valence-electron chi connectivity index (χ1n) is 10.9. The monoisotopic (exact) mass is 440 g/mol. The van der Waals surface area contributed by atoms with Crippen LogP contribution in [0.15, 0.2) is 54.6 Å². The van der Waals surface area contributed by atoms with E-state index in [2.05, 4.69) is 12.1 Å². The van der Waals surface area contributed by atoms with Crippen LogP contribution in [0.4, 0.5) is 0 Å². The summed E-state index contributed by atoms with van der Waals surface area (Å²) in [7, 11) is 0. The molecular weight excluding hydrogens is 408 g/mol. The van der Waals surface area contributed by atoms with E-state index in [1.807, 2.05) is 42.5 Å². The third-order valence-corrected chi connectivity index (χ3v) is 5.80. The average molecular weight is 441 g/mol. The molecule has 0 radical (unpaired) electrons. The van der Waals surface area contributed by atoms with Crippen molar-refractivity contribution < 1.29 is 24.2 Å². The fraction of sp³-hybridized carbons (Fsp3) is 0.440. The largest absolute Gasteiger partial charge is 0.455 e. The standard InChI is InChI=1S/C25H32N2O5/c1-25(18-28,24(30)32-17-23(29)27-11-13-31-14-12-27)16-22(26)15-19-7-9-21(10-8-19)20-5-3-2-4-6-20/h2-10,22,28H,11-18,26H2,1H3/t22-,25+/m1/s1. The van der Waals surface area contributed by atoms with Crippen molar-refractivity contribution in [1.82, 2.24) is 4.90 Å². The second-order valence-corrected chi connectivity index (χ2v) is 8.52. The number of aliphatic hydroxyl groups is 1. The number of hydrogen-bond donors (Lipinski definition) is 2. The van der Waals surface area contributed by atoms with E-state index in [0.717, 1.165) is 16.7 Å². The van der Waals surface area contributed by atoms with Crippen molar-refractivity contribution in [2.75, 3.05) is 39.5 Å². The second-order valence-electron chi connectivity index (χ2n) is 8.52. The number of carbonyl (C=O) groups is 2. The van der Waals surface area contributed by atoms with Crippen LogP contribution in [0.25, 0.3) is 11.1 Å². The molecule has 7 heteroatoms. The SMILES string of the molecule is C[C@@](CO)(C[C@H](N)Cc1ccc(-c2ccccc2)cc1)C(=O)OCC(=O)N1CCOCC1. The zero-order valence-corrected chi connectivity index (χ0v) is 18.5. The predicted molar refractivity (Wildman–Crippen MR) is 122 cm³/mol. The number of amides is 1. The Labute approximate surface area is 189 Å². The Kier molecular flexibility index (Phi) is 8.39. The molecule has 1 aliphatic rings. The van der Waals surface area contributed by atoms with Gasteiger partial charge in [0.05, 0.1) is 25.2 Å². The Morgan fingerprint density at radius 3 is 2.34 bits per heavy atom. The van der Waals surface area contributed by atoms with Crippen LogP contribution in [-0.2, 0) is 25.5 Å². The van der Waals surface area contributed by atoms with Gasteiger partial charge in [0.2, 0.25) is 0 Å². The Morgan fingerprint density at radius 2 is 1.72 bits per heavy atom. The van der Waals surface area contributed by atoms with Crippen LogP contribution in [0, 0.1) is 5.41 Å². The number of benzene rings is 2. The highest BCUT2D eigenvalue weighted by atomic mass is 16.5. The molecule has 0 unspecified atom stereocenters. The highest BCUT2D eigenvalue weighted by molar-refractivity contribution is 5.83. The first-order chi connectivity index (χ1) is 15.4. The van der Waals surface area contributed by atoms with Crippen molar-refractivity contribution in [2.45, 2.75) is 25.8 Å². The molecule has 2 aromatic carbocycles. The van der Waals surface area contributed by atoms with Crippen molar-refractivity contribution in [1.29, 1.82) is 0 Å². The summed E-state index contributed by atoms with van der Waals surface area (Å²) in [6.07, 6.45) is 0.805. The maximum atomic E-state index is 12.6. The van der Waals surface area contributed by atoms with Crippen LogP contribution in [0.1, 0.15) is 18.9 Å². The molecule has 2 atom stereocenters. The van der Waals surface area contributed by atoms with Crippen molar-refractivity contribution in [3.05, 3.63) is 60.2 Å². The molecule has 1 aliphatic heterocycles. The molecule has 0 saturated carbocycles. The van der Waals surface area contributed by atoms with Gasteiger partial charge in [0.25, 0.3) is 5.91 Å². The topological polar surface area (TPSA) is 102 Å². The minimum Gasteiger partial charge on any atom is -0.455 e. The molecule has 1 amide bonds. The summed E-state index contributed by atoms with van der Waals surface area (Å²) in [4.78, 5) is 26.5. The molecule has 3 rings (SSSR count). The lowest BCUT2D eigenvalue weighted by Gasteiger charge is -2.29. The number of hydrogen-bond acceptors (Lipinski definition) is 6. The number of nitrogens with two attached hydrogens (primary N) is 1. The molecule has 1 saturated heterocycles. The highest BCUT2D eigenvalue weighted by Crippen LogP contribution is 2.26. The van der Waals surface area contributed by atoms with Gasteiger partial charge in [-0.2, -0.15) is 0 Å². The molecule has 0 aliphatic carbocycles. The summed E-state index contributed by atoms with van der Waals surface area (Å²) in [5.74, 6) is -0.874. The highest BCUT2D eigenvalue weighted by Gasteiger charge is 2.36. The van der Waals surface area contributed by atoms with Crippen LogP contribution >= 0.6 is 0 Å². The number of aliphatic hydroxyl groups excluding tert-OH is 1. The van der Waals surface area contributed by atoms with E-state index in [0.29, 0.717) is 32.7 Å². The molecule has 172 valence electrons. The van der Waals surface area contributed by atoms with E-state index in [4.69, 9.17) is 15.2 Å². The third-order valence-electron chi connectivity index (χ3n) is 5.80. The van der Waals surface area contributed by atoms with Gasteiger partial charge < -0.3 is 25.2 Å². The number of carbonyl (C=O) groups excluding carboxylic acids is 2. The average Bonchev–Trinajstić information content (AvgIpc) is 2.83. The van der Waals surface area contributed by atoms with Crippen molar-refractivity contribution in [3.63, 3.8) is 0 Å². The summed E-state index contributed by atoms with van der Waals surface area (Å²) < 4.78 is 10.5. The van der Waals surface area contributed by atoms with Crippen LogP contribution in [-0.4, -0.2) is 67.4 Å². The molecule has 7 nitrogen and oxygen atoms in total. The number of ether oxygens (including phenoxy) is 2. The molecule has 0 bridgehead atoms. The number of esters is 1. The van der Waals surface area contributed by atoms with E-state index >= 15 is 0 Å². The number of morpholine rings is 1. The van der Waals surface area contributed by atoms with Crippen LogP contribution in [0.3, 0.4) is 0 Å². The van der Waals surface area contributed by atoms with Crippen molar-refractivity contribution in [2.24, 2.45) is 11.1 Å². The second kappa shape index (κ2) is 11.2. The summed E-state index contributed by atoms with van der Waals surface area (Å²) in [6, 6.07) is 17.9.